The Bertz CT molecular complexity index is 1770. The van der Waals surface area contributed by atoms with Crippen molar-refractivity contribution in [1.82, 2.24) is 19.3 Å². The summed E-state index contributed by atoms with van der Waals surface area (Å²) in [7, 11) is -4.14. The minimum Gasteiger partial charge on any atom is -0.494 e. The van der Waals surface area contributed by atoms with Gasteiger partial charge in [0.2, 0.25) is 0 Å². The molecule has 12 heteroatoms. The largest absolute Gasteiger partial charge is 0.494 e. The maximum absolute atomic E-state index is 13.2. The standard InChI is InChI=1S/C29H29ClN4O6S/c1-17-22-7-9-26-29(17)31-32-33(26)11-3-4-12-39-21-6-10-27-20(13-21)16-34(41(37,38)40-27)18(2)23-14-19(5-8-25(23)30)24(22)15-28(35)36/h5-10,13-14,18,24H,3-4,11-12,15-16H2,1-2H3,(H,35,36)/t18-,24+/m1/s1. The second-order valence-electron chi connectivity index (χ2n) is 10.5. The molecule has 0 fully saturated rings. The molecule has 0 aliphatic carbocycles. The fourth-order valence-electron chi connectivity index (χ4n) is 5.70. The van der Waals surface area contributed by atoms with Gasteiger partial charge in [0.15, 0.2) is 0 Å². The van der Waals surface area contributed by atoms with E-state index >= 15 is 0 Å². The zero-order valence-corrected chi connectivity index (χ0v) is 24.2. The van der Waals surface area contributed by atoms with Crippen LogP contribution in [0, 0.1) is 6.92 Å². The summed E-state index contributed by atoms with van der Waals surface area (Å²) in [6, 6.07) is 13.5. The van der Waals surface area contributed by atoms with E-state index in [0.717, 1.165) is 35.0 Å². The van der Waals surface area contributed by atoms with E-state index in [4.69, 9.17) is 20.5 Å². The van der Waals surface area contributed by atoms with Crippen LogP contribution in [0.25, 0.3) is 11.0 Å². The highest BCUT2D eigenvalue weighted by molar-refractivity contribution is 7.84. The molecule has 3 atom stereocenters. The van der Waals surface area contributed by atoms with E-state index < -0.39 is 28.2 Å². The summed E-state index contributed by atoms with van der Waals surface area (Å²) in [5.41, 5.74) is 5.18. The van der Waals surface area contributed by atoms with Gasteiger partial charge in [0.05, 0.1) is 24.6 Å². The number of rotatable bonds is 2. The Labute approximate surface area is 242 Å². The zero-order chi connectivity index (χ0) is 28.9. The third-order valence-electron chi connectivity index (χ3n) is 7.91. The predicted octanol–water partition coefficient (Wildman–Crippen LogP) is 5.37. The molecule has 0 amide bonds. The highest BCUT2D eigenvalue weighted by Crippen LogP contribution is 2.41. The molecule has 4 heterocycles. The van der Waals surface area contributed by atoms with Gasteiger partial charge in [-0.1, -0.05) is 35.0 Å². The SMILES string of the molecule is Cc1c2ccc3c1nnn3CCCCOc1ccc3c(c1)CN([C@H](C)c1cc(ccc1Cl)[C@@H]2CC(=O)O)S(=O)(=O)O3. The van der Waals surface area contributed by atoms with Gasteiger partial charge < -0.3 is 14.0 Å². The van der Waals surface area contributed by atoms with Crippen molar-refractivity contribution in [3.8, 4) is 11.5 Å². The van der Waals surface area contributed by atoms with Gasteiger partial charge in [0.1, 0.15) is 17.0 Å². The number of aryl methyl sites for hydroxylation is 2. The van der Waals surface area contributed by atoms with Gasteiger partial charge in [0, 0.05) is 29.6 Å². The number of carboxylic acid groups (broad SMARTS) is 1. The second-order valence-corrected chi connectivity index (χ2v) is 12.4. The molecular weight excluding hydrogens is 568 g/mol. The number of aromatic nitrogens is 3. The molecule has 0 radical (unpaired) electrons. The van der Waals surface area contributed by atoms with Gasteiger partial charge in [-0.05, 0) is 79.3 Å². The highest BCUT2D eigenvalue weighted by atomic mass is 35.5. The quantitative estimate of drug-likeness (QED) is 0.327. The van der Waals surface area contributed by atoms with Gasteiger partial charge in [-0.3, -0.25) is 4.79 Å². The molecule has 1 aromatic heterocycles. The molecule has 3 aliphatic rings. The van der Waals surface area contributed by atoms with E-state index in [-0.39, 0.29) is 18.7 Å². The number of carboxylic acids is 1. The Morgan fingerprint density at radius 1 is 1.12 bits per heavy atom. The average Bonchev–Trinajstić information content (AvgIpc) is 3.34. The molecule has 3 aliphatic heterocycles. The normalized spacial score (nSPS) is 21.9. The van der Waals surface area contributed by atoms with Crippen LogP contribution < -0.4 is 8.92 Å². The van der Waals surface area contributed by atoms with Crippen molar-refractivity contribution < 1.29 is 27.2 Å². The van der Waals surface area contributed by atoms with Gasteiger partial charge in [-0.25, -0.2) is 4.68 Å². The number of halogens is 1. The number of hydrogen-bond acceptors (Lipinski definition) is 7. The van der Waals surface area contributed by atoms with Crippen molar-refractivity contribution in [3.05, 3.63) is 81.4 Å². The number of nitrogens with zero attached hydrogens (tertiary/aromatic N) is 4. The van der Waals surface area contributed by atoms with Gasteiger partial charge in [-0.15, -0.1) is 5.10 Å². The Morgan fingerprint density at radius 2 is 1.95 bits per heavy atom. The number of aliphatic carboxylic acids is 1. The monoisotopic (exact) mass is 596 g/mol. The summed E-state index contributed by atoms with van der Waals surface area (Å²) in [6.07, 6.45) is 1.42. The third-order valence-corrected chi connectivity index (χ3v) is 9.67. The average molecular weight is 597 g/mol. The van der Waals surface area contributed by atoms with E-state index in [1.807, 2.05) is 23.7 Å². The van der Waals surface area contributed by atoms with E-state index in [9.17, 15) is 18.3 Å². The topological polar surface area (TPSA) is 124 Å². The van der Waals surface area contributed by atoms with Crippen LogP contribution in [0.5, 0.6) is 11.5 Å². The molecule has 4 aromatic rings. The van der Waals surface area contributed by atoms with Crippen LogP contribution >= 0.6 is 11.6 Å². The molecule has 0 saturated heterocycles. The van der Waals surface area contributed by atoms with E-state index in [2.05, 4.69) is 10.3 Å². The molecule has 0 spiro atoms. The van der Waals surface area contributed by atoms with Crippen LogP contribution in [-0.2, 0) is 28.2 Å². The lowest BCUT2D eigenvalue weighted by atomic mass is 9.84. The van der Waals surface area contributed by atoms with Gasteiger partial charge >= 0.3 is 16.3 Å². The lowest BCUT2D eigenvalue weighted by Crippen LogP contribution is -2.39. The number of ether oxygens (including phenoxy) is 1. The molecule has 1 unspecified atom stereocenters. The number of carbonyl (C=O) groups is 1. The summed E-state index contributed by atoms with van der Waals surface area (Å²) in [5.74, 6) is -0.595. The van der Waals surface area contributed by atoms with Crippen molar-refractivity contribution in [2.24, 2.45) is 0 Å². The van der Waals surface area contributed by atoms with Crippen LogP contribution in [0.4, 0.5) is 0 Å². The zero-order valence-electron chi connectivity index (χ0n) is 22.6. The second kappa shape index (κ2) is 10.6. The van der Waals surface area contributed by atoms with E-state index in [1.165, 1.54) is 4.31 Å². The molecule has 10 nitrogen and oxygen atoms in total. The molecule has 7 rings (SSSR count). The molecule has 0 saturated carbocycles. The molecule has 1 N–H and O–H groups in total. The van der Waals surface area contributed by atoms with Crippen LogP contribution in [0.2, 0.25) is 5.02 Å². The van der Waals surface area contributed by atoms with Crippen LogP contribution in [0.15, 0.2) is 48.5 Å². The highest BCUT2D eigenvalue weighted by Gasteiger charge is 2.37. The summed E-state index contributed by atoms with van der Waals surface area (Å²) < 4.78 is 41.0. The van der Waals surface area contributed by atoms with Crippen molar-refractivity contribution >= 4 is 38.9 Å². The van der Waals surface area contributed by atoms with Crippen molar-refractivity contribution in [1.29, 1.82) is 0 Å². The Kier molecular flexibility index (Phi) is 7.13. The summed E-state index contributed by atoms with van der Waals surface area (Å²) in [4.78, 5) is 12.0. The Hall–Kier alpha value is -3.67. The molecule has 3 aromatic carbocycles. The minimum absolute atomic E-state index is 0.0665. The van der Waals surface area contributed by atoms with E-state index in [1.54, 1.807) is 43.3 Å². The van der Waals surface area contributed by atoms with Gasteiger partial charge in [-0.2, -0.15) is 12.7 Å². The minimum atomic E-state index is -4.14. The van der Waals surface area contributed by atoms with Crippen LogP contribution in [0.3, 0.4) is 0 Å². The Balaban J connectivity index is 1.50. The first kappa shape index (κ1) is 27.5. The first-order valence-electron chi connectivity index (χ1n) is 13.4. The maximum Gasteiger partial charge on any atom is 0.386 e. The van der Waals surface area contributed by atoms with Crippen LogP contribution in [0.1, 0.15) is 66.0 Å². The predicted molar refractivity (Wildman–Crippen MR) is 152 cm³/mol. The summed E-state index contributed by atoms with van der Waals surface area (Å²) in [6.45, 7) is 4.86. The fourth-order valence-corrected chi connectivity index (χ4v) is 7.26. The smallest absolute Gasteiger partial charge is 0.386 e. The molecule has 41 heavy (non-hydrogen) atoms. The third kappa shape index (κ3) is 5.13. The Morgan fingerprint density at radius 3 is 2.76 bits per heavy atom. The molecule has 214 valence electrons. The summed E-state index contributed by atoms with van der Waals surface area (Å²) in [5, 5.41) is 19.0. The van der Waals surface area contributed by atoms with Crippen molar-refractivity contribution in [2.45, 2.75) is 58.2 Å². The van der Waals surface area contributed by atoms with Gasteiger partial charge in [0.25, 0.3) is 0 Å². The lowest BCUT2D eigenvalue weighted by molar-refractivity contribution is -0.137. The molecular formula is C29H29ClN4O6S. The van der Waals surface area contributed by atoms with E-state index in [0.29, 0.717) is 40.6 Å². The number of fused-ring (bicyclic) bond motifs is 5. The number of hydrogen-bond donors (Lipinski definition) is 1. The lowest BCUT2D eigenvalue weighted by Gasteiger charge is -2.33. The maximum atomic E-state index is 13.2. The van der Waals surface area contributed by atoms with Crippen molar-refractivity contribution in [2.75, 3.05) is 6.61 Å². The molecule has 9 bridgehead atoms. The fraction of sp³-hybridized carbons (Fsp3) is 0.345. The van der Waals surface area contributed by atoms with Crippen molar-refractivity contribution in [3.63, 3.8) is 0 Å². The summed E-state index contributed by atoms with van der Waals surface area (Å²) >= 11 is 6.64. The van der Waals surface area contributed by atoms with Crippen LogP contribution in [-0.4, -0.2) is 45.4 Å². The number of benzene rings is 3. The first-order valence-corrected chi connectivity index (χ1v) is 15.2. The first-order chi connectivity index (χ1) is 19.6.